The van der Waals surface area contributed by atoms with Gasteiger partial charge < -0.3 is 5.73 Å². The second-order valence-corrected chi connectivity index (χ2v) is 3.46. The number of halogens is 3. The van der Waals surface area contributed by atoms with Crippen molar-refractivity contribution < 1.29 is 0 Å². The molecule has 0 aliphatic carbocycles. The van der Waals surface area contributed by atoms with E-state index >= 15 is 0 Å². The van der Waals surface area contributed by atoms with Gasteiger partial charge in [-0.05, 0) is 18.6 Å². The molecule has 0 fully saturated rings. The van der Waals surface area contributed by atoms with Crippen LogP contribution in [0.3, 0.4) is 0 Å². The zero-order valence-corrected chi connectivity index (χ0v) is 9.59. The Hall–Kier alpha value is 0.0500. The molecule has 0 bridgehead atoms. The standard InChI is InChI=1S/C9H11Cl2N.ClH/c1-2-8(12)9-6(10)4-3-5-7(9)11;/h3-5,8H,2,12H2,1H3;1H/t8-;/m0./s1. The van der Waals surface area contributed by atoms with E-state index in [0.29, 0.717) is 10.0 Å². The molecule has 1 nitrogen and oxygen atoms in total. The minimum absolute atomic E-state index is 0. The molecule has 4 heteroatoms. The van der Waals surface area contributed by atoms with Crippen LogP contribution in [0.15, 0.2) is 18.2 Å². The lowest BCUT2D eigenvalue weighted by molar-refractivity contribution is 0.699. The van der Waals surface area contributed by atoms with Crippen molar-refractivity contribution in [3.05, 3.63) is 33.8 Å². The maximum absolute atomic E-state index is 5.94. The summed E-state index contributed by atoms with van der Waals surface area (Å²) in [5, 5.41) is 1.30. The lowest BCUT2D eigenvalue weighted by Crippen LogP contribution is -2.09. The molecule has 1 atom stereocenters. The monoisotopic (exact) mass is 239 g/mol. The zero-order chi connectivity index (χ0) is 9.14. The van der Waals surface area contributed by atoms with Crippen LogP contribution in [-0.4, -0.2) is 0 Å². The van der Waals surface area contributed by atoms with Gasteiger partial charge >= 0.3 is 0 Å². The molecule has 1 rings (SSSR count). The summed E-state index contributed by atoms with van der Waals surface area (Å²) in [5.41, 5.74) is 6.68. The molecule has 1 aromatic rings. The first-order chi connectivity index (χ1) is 5.66. The molecule has 74 valence electrons. The number of hydrogen-bond acceptors (Lipinski definition) is 1. The van der Waals surface area contributed by atoms with E-state index in [0.717, 1.165) is 12.0 Å². The van der Waals surface area contributed by atoms with Crippen molar-refractivity contribution in [2.75, 3.05) is 0 Å². The Morgan fingerprint density at radius 2 is 1.77 bits per heavy atom. The van der Waals surface area contributed by atoms with Gasteiger partial charge in [-0.1, -0.05) is 36.2 Å². The first kappa shape index (κ1) is 13.1. The van der Waals surface area contributed by atoms with Gasteiger partial charge in [0, 0.05) is 21.7 Å². The number of hydrogen-bond donors (Lipinski definition) is 1. The van der Waals surface area contributed by atoms with E-state index in [1.807, 2.05) is 13.0 Å². The van der Waals surface area contributed by atoms with Gasteiger partial charge in [0.1, 0.15) is 0 Å². The third-order valence-corrected chi connectivity index (χ3v) is 2.47. The van der Waals surface area contributed by atoms with E-state index in [9.17, 15) is 0 Å². The topological polar surface area (TPSA) is 26.0 Å². The van der Waals surface area contributed by atoms with Crippen LogP contribution in [0.1, 0.15) is 24.9 Å². The molecule has 0 heterocycles. The second-order valence-electron chi connectivity index (χ2n) is 2.65. The normalized spacial score (nSPS) is 12.0. The van der Waals surface area contributed by atoms with Crippen molar-refractivity contribution in [2.24, 2.45) is 5.73 Å². The Morgan fingerprint density at radius 3 is 2.15 bits per heavy atom. The fourth-order valence-electron chi connectivity index (χ4n) is 1.07. The van der Waals surface area contributed by atoms with E-state index < -0.39 is 0 Å². The maximum atomic E-state index is 5.94. The van der Waals surface area contributed by atoms with E-state index in [4.69, 9.17) is 28.9 Å². The Morgan fingerprint density at radius 1 is 1.31 bits per heavy atom. The van der Waals surface area contributed by atoms with Crippen LogP contribution >= 0.6 is 35.6 Å². The highest BCUT2D eigenvalue weighted by atomic mass is 35.5. The van der Waals surface area contributed by atoms with Gasteiger partial charge in [0.2, 0.25) is 0 Å². The van der Waals surface area contributed by atoms with Crippen LogP contribution in [0.25, 0.3) is 0 Å². The average Bonchev–Trinajstić information content (AvgIpc) is 2.03. The van der Waals surface area contributed by atoms with Crippen LogP contribution in [0.2, 0.25) is 10.0 Å². The smallest absolute Gasteiger partial charge is 0.0468 e. The van der Waals surface area contributed by atoms with E-state index in [1.165, 1.54) is 0 Å². The quantitative estimate of drug-likeness (QED) is 0.835. The van der Waals surface area contributed by atoms with Crippen molar-refractivity contribution in [1.29, 1.82) is 0 Å². The van der Waals surface area contributed by atoms with Crippen molar-refractivity contribution in [3.8, 4) is 0 Å². The molecule has 0 unspecified atom stereocenters. The highest BCUT2D eigenvalue weighted by Gasteiger charge is 2.11. The number of nitrogens with two attached hydrogens (primary N) is 1. The molecule has 0 aromatic heterocycles. The fourth-order valence-corrected chi connectivity index (χ4v) is 1.75. The Balaban J connectivity index is 0.00000144. The predicted octanol–water partition coefficient (Wildman–Crippen LogP) is 3.83. The van der Waals surface area contributed by atoms with Crippen molar-refractivity contribution in [1.82, 2.24) is 0 Å². The largest absolute Gasteiger partial charge is 0.324 e. The molecule has 1 aromatic carbocycles. The van der Waals surface area contributed by atoms with Crippen LogP contribution < -0.4 is 5.73 Å². The van der Waals surface area contributed by atoms with Crippen LogP contribution in [-0.2, 0) is 0 Å². The van der Waals surface area contributed by atoms with Gasteiger partial charge in [-0.25, -0.2) is 0 Å². The minimum Gasteiger partial charge on any atom is -0.324 e. The van der Waals surface area contributed by atoms with Crippen molar-refractivity contribution in [3.63, 3.8) is 0 Å². The summed E-state index contributed by atoms with van der Waals surface area (Å²) in [4.78, 5) is 0. The van der Waals surface area contributed by atoms with Gasteiger partial charge in [-0.2, -0.15) is 0 Å². The third-order valence-electron chi connectivity index (χ3n) is 1.81. The highest BCUT2D eigenvalue weighted by molar-refractivity contribution is 6.36. The Bertz CT molecular complexity index is 255. The summed E-state index contributed by atoms with van der Waals surface area (Å²) in [7, 11) is 0. The van der Waals surface area contributed by atoms with Crippen LogP contribution in [0.4, 0.5) is 0 Å². The molecule has 0 radical (unpaired) electrons. The summed E-state index contributed by atoms with van der Waals surface area (Å²) in [6.45, 7) is 2.00. The second kappa shape index (κ2) is 5.71. The molecular weight excluding hydrogens is 228 g/mol. The molecule has 0 amide bonds. The third kappa shape index (κ3) is 3.03. The summed E-state index contributed by atoms with van der Waals surface area (Å²) in [6, 6.07) is 5.36. The Labute approximate surface area is 94.6 Å². The predicted molar refractivity (Wildman–Crippen MR) is 60.9 cm³/mol. The van der Waals surface area contributed by atoms with Gasteiger partial charge in [-0.15, -0.1) is 12.4 Å². The van der Waals surface area contributed by atoms with Crippen LogP contribution in [0, 0.1) is 0 Å². The SMILES string of the molecule is CC[C@H](N)c1c(Cl)cccc1Cl.Cl. The molecule has 0 aliphatic heterocycles. The molecule has 0 aliphatic rings. The summed E-state index contributed by atoms with van der Waals surface area (Å²) < 4.78 is 0. The molecule has 2 N–H and O–H groups in total. The first-order valence-corrected chi connectivity index (χ1v) is 4.62. The average molecular weight is 241 g/mol. The van der Waals surface area contributed by atoms with Gasteiger partial charge in [0.15, 0.2) is 0 Å². The minimum atomic E-state index is -0.0637. The summed E-state index contributed by atoms with van der Waals surface area (Å²) in [5.74, 6) is 0. The number of benzene rings is 1. The van der Waals surface area contributed by atoms with Crippen molar-refractivity contribution in [2.45, 2.75) is 19.4 Å². The van der Waals surface area contributed by atoms with Gasteiger partial charge in [0.05, 0.1) is 0 Å². The van der Waals surface area contributed by atoms with E-state index in [2.05, 4.69) is 0 Å². The molecule has 0 saturated heterocycles. The molecule has 13 heavy (non-hydrogen) atoms. The lowest BCUT2D eigenvalue weighted by atomic mass is 10.1. The Kier molecular flexibility index (Phi) is 5.73. The summed E-state index contributed by atoms with van der Waals surface area (Å²) >= 11 is 11.9. The maximum Gasteiger partial charge on any atom is 0.0468 e. The lowest BCUT2D eigenvalue weighted by Gasteiger charge is -2.12. The van der Waals surface area contributed by atoms with Gasteiger partial charge in [-0.3, -0.25) is 0 Å². The van der Waals surface area contributed by atoms with E-state index in [-0.39, 0.29) is 18.4 Å². The zero-order valence-electron chi connectivity index (χ0n) is 7.26. The fraction of sp³-hybridized carbons (Fsp3) is 0.333. The van der Waals surface area contributed by atoms with Crippen LogP contribution in [0.5, 0.6) is 0 Å². The van der Waals surface area contributed by atoms with E-state index in [1.54, 1.807) is 12.1 Å². The number of rotatable bonds is 2. The molecular formula is C9H12Cl3N. The van der Waals surface area contributed by atoms with Gasteiger partial charge in [0.25, 0.3) is 0 Å². The first-order valence-electron chi connectivity index (χ1n) is 3.86. The molecule has 0 saturated carbocycles. The highest BCUT2D eigenvalue weighted by Crippen LogP contribution is 2.30. The van der Waals surface area contributed by atoms with Crippen molar-refractivity contribution >= 4 is 35.6 Å². The summed E-state index contributed by atoms with van der Waals surface area (Å²) in [6.07, 6.45) is 0.837. The molecule has 0 spiro atoms.